The summed E-state index contributed by atoms with van der Waals surface area (Å²) in [5.41, 5.74) is 0.539. The van der Waals surface area contributed by atoms with Crippen molar-refractivity contribution in [3.8, 4) is 6.07 Å². The molecule has 122 valence electrons. The van der Waals surface area contributed by atoms with Gasteiger partial charge in [0.25, 0.3) is 0 Å². The molecule has 1 aliphatic carbocycles. The number of nitrogens with one attached hydrogen (secondary N) is 1. The van der Waals surface area contributed by atoms with Crippen molar-refractivity contribution in [2.45, 2.75) is 70.6 Å². The fraction of sp³-hybridized carbons (Fsp3) is 0.647. The van der Waals surface area contributed by atoms with Crippen LogP contribution < -0.4 is 10.8 Å². The van der Waals surface area contributed by atoms with Crippen molar-refractivity contribution in [2.75, 3.05) is 5.32 Å². The van der Waals surface area contributed by atoms with Gasteiger partial charge in [-0.05, 0) is 46.6 Å². The van der Waals surface area contributed by atoms with Crippen LogP contribution >= 0.6 is 0 Å². The van der Waals surface area contributed by atoms with Gasteiger partial charge in [0, 0.05) is 17.7 Å². The molecule has 1 aromatic heterocycles. The van der Waals surface area contributed by atoms with E-state index in [0.717, 1.165) is 18.3 Å². The van der Waals surface area contributed by atoms with Crippen LogP contribution in [0.1, 0.15) is 58.9 Å². The fourth-order valence-corrected chi connectivity index (χ4v) is 3.05. The van der Waals surface area contributed by atoms with Crippen LogP contribution in [0.3, 0.4) is 0 Å². The van der Waals surface area contributed by atoms with Crippen molar-refractivity contribution in [3.05, 3.63) is 17.8 Å². The van der Waals surface area contributed by atoms with Crippen LogP contribution in [0.2, 0.25) is 0 Å². The van der Waals surface area contributed by atoms with Crippen LogP contribution in [0.15, 0.2) is 12.3 Å². The Morgan fingerprint density at radius 3 is 2.39 bits per heavy atom. The predicted octanol–water partition coefficient (Wildman–Crippen LogP) is 2.61. The van der Waals surface area contributed by atoms with Crippen molar-refractivity contribution in [3.63, 3.8) is 0 Å². The monoisotopic (exact) mass is 313 g/mol. The Morgan fingerprint density at radius 1 is 1.22 bits per heavy atom. The van der Waals surface area contributed by atoms with E-state index in [0.29, 0.717) is 17.4 Å². The van der Waals surface area contributed by atoms with E-state index in [1.165, 1.54) is 12.8 Å². The third-order valence-electron chi connectivity index (χ3n) is 5.25. The van der Waals surface area contributed by atoms with E-state index in [2.05, 4.69) is 16.4 Å². The zero-order chi connectivity index (χ0) is 16.7. The van der Waals surface area contributed by atoms with Gasteiger partial charge in [0.15, 0.2) is 0 Å². The lowest BCUT2D eigenvalue weighted by Gasteiger charge is -2.32. The molecule has 3 rings (SSSR count). The number of aromatic nitrogens is 1. The molecule has 6 heteroatoms. The van der Waals surface area contributed by atoms with Crippen LogP contribution in [0, 0.1) is 11.3 Å². The van der Waals surface area contributed by atoms with Crippen molar-refractivity contribution in [1.29, 1.82) is 5.26 Å². The average Bonchev–Trinajstić information content (AvgIpc) is 3.06. The summed E-state index contributed by atoms with van der Waals surface area (Å²) < 4.78 is 12.1. The quantitative estimate of drug-likeness (QED) is 0.869. The van der Waals surface area contributed by atoms with Gasteiger partial charge >= 0.3 is 7.12 Å². The summed E-state index contributed by atoms with van der Waals surface area (Å²) in [5, 5.41) is 12.8. The first-order chi connectivity index (χ1) is 10.8. The SMILES string of the molecule is CC1(C)OB(c2cnc(NC3CCCC3)c(C#N)c2)OC1(C)C. The maximum atomic E-state index is 9.45. The van der Waals surface area contributed by atoms with Crippen LogP contribution in [-0.4, -0.2) is 29.3 Å². The molecule has 5 nitrogen and oxygen atoms in total. The molecule has 0 bridgehead atoms. The molecule has 0 amide bonds. The van der Waals surface area contributed by atoms with Gasteiger partial charge in [0.1, 0.15) is 11.9 Å². The Bertz CT molecular complexity index is 617. The summed E-state index contributed by atoms with van der Waals surface area (Å²) >= 11 is 0. The Kier molecular flexibility index (Phi) is 4.11. The third-order valence-corrected chi connectivity index (χ3v) is 5.25. The first kappa shape index (κ1) is 16.3. The molecule has 1 saturated heterocycles. The molecule has 0 radical (unpaired) electrons. The van der Waals surface area contributed by atoms with Crippen LogP contribution in [0.4, 0.5) is 5.82 Å². The highest BCUT2D eigenvalue weighted by atomic mass is 16.7. The summed E-state index contributed by atoms with van der Waals surface area (Å²) in [6.07, 6.45) is 6.52. The molecule has 1 saturated carbocycles. The van der Waals surface area contributed by atoms with Gasteiger partial charge in [-0.15, -0.1) is 0 Å². The summed E-state index contributed by atoms with van der Waals surface area (Å²) in [4.78, 5) is 4.46. The molecule has 0 aromatic carbocycles. The molecule has 1 N–H and O–H groups in total. The lowest BCUT2D eigenvalue weighted by molar-refractivity contribution is 0.00578. The van der Waals surface area contributed by atoms with Crippen molar-refractivity contribution < 1.29 is 9.31 Å². The Morgan fingerprint density at radius 2 is 1.83 bits per heavy atom. The van der Waals surface area contributed by atoms with Gasteiger partial charge in [-0.3, -0.25) is 0 Å². The van der Waals surface area contributed by atoms with Gasteiger partial charge in [-0.1, -0.05) is 12.8 Å². The smallest absolute Gasteiger partial charge is 0.399 e. The minimum Gasteiger partial charge on any atom is -0.399 e. The summed E-state index contributed by atoms with van der Waals surface area (Å²) in [7, 11) is -0.486. The molecular weight excluding hydrogens is 289 g/mol. The predicted molar refractivity (Wildman–Crippen MR) is 90.5 cm³/mol. The van der Waals surface area contributed by atoms with E-state index in [1.807, 2.05) is 33.8 Å². The highest BCUT2D eigenvalue weighted by Gasteiger charge is 2.51. The molecule has 23 heavy (non-hydrogen) atoms. The number of anilines is 1. The third kappa shape index (κ3) is 3.08. The van der Waals surface area contributed by atoms with Crippen LogP contribution in [0.25, 0.3) is 0 Å². The number of rotatable bonds is 3. The molecule has 2 aliphatic rings. The van der Waals surface area contributed by atoms with Crippen molar-refractivity contribution >= 4 is 18.4 Å². The Hall–Kier alpha value is -1.58. The second-order valence-corrected chi connectivity index (χ2v) is 7.49. The first-order valence-electron chi connectivity index (χ1n) is 8.34. The number of pyridine rings is 1. The summed E-state index contributed by atoms with van der Waals surface area (Å²) in [5.74, 6) is 0.666. The Balaban J connectivity index is 1.81. The highest BCUT2D eigenvalue weighted by Crippen LogP contribution is 2.36. The standard InChI is InChI=1S/C17H24BN3O2/c1-16(2)17(3,4)23-18(22-16)13-9-12(10-19)15(20-11-13)21-14-7-5-6-8-14/h9,11,14H,5-8H2,1-4H3,(H,20,21). The summed E-state index contributed by atoms with van der Waals surface area (Å²) in [6, 6.07) is 4.49. The largest absolute Gasteiger partial charge is 0.496 e. The van der Waals surface area contributed by atoms with E-state index in [9.17, 15) is 5.26 Å². The second-order valence-electron chi connectivity index (χ2n) is 7.49. The molecule has 2 heterocycles. The van der Waals surface area contributed by atoms with Gasteiger partial charge in [-0.2, -0.15) is 5.26 Å². The highest BCUT2D eigenvalue weighted by molar-refractivity contribution is 6.62. The Labute approximate surface area is 138 Å². The topological polar surface area (TPSA) is 67.2 Å². The van der Waals surface area contributed by atoms with Crippen molar-refractivity contribution in [2.24, 2.45) is 0 Å². The number of hydrogen-bond donors (Lipinski definition) is 1. The van der Waals surface area contributed by atoms with E-state index >= 15 is 0 Å². The number of nitrogens with zero attached hydrogens (tertiary/aromatic N) is 2. The molecule has 1 aromatic rings. The fourth-order valence-electron chi connectivity index (χ4n) is 3.05. The maximum absolute atomic E-state index is 9.45. The van der Waals surface area contributed by atoms with Gasteiger partial charge in [0.2, 0.25) is 0 Å². The normalized spacial score (nSPS) is 23.0. The molecule has 2 fully saturated rings. The van der Waals surface area contributed by atoms with Gasteiger partial charge in [-0.25, -0.2) is 4.98 Å². The molecule has 0 spiro atoms. The minimum atomic E-state index is -0.486. The average molecular weight is 313 g/mol. The van der Waals surface area contributed by atoms with Crippen molar-refractivity contribution in [1.82, 2.24) is 4.98 Å². The molecular formula is C17H24BN3O2. The van der Waals surface area contributed by atoms with E-state index < -0.39 is 18.3 Å². The number of nitriles is 1. The van der Waals surface area contributed by atoms with E-state index in [4.69, 9.17) is 9.31 Å². The van der Waals surface area contributed by atoms with E-state index in [1.54, 1.807) is 6.20 Å². The van der Waals surface area contributed by atoms with Crippen LogP contribution in [0.5, 0.6) is 0 Å². The second kappa shape index (κ2) is 5.81. The molecule has 1 aliphatic heterocycles. The zero-order valence-electron chi connectivity index (χ0n) is 14.3. The maximum Gasteiger partial charge on any atom is 0.496 e. The number of hydrogen-bond acceptors (Lipinski definition) is 5. The van der Waals surface area contributed by atoms with Gasteiger partial charge in [0.05, 0.1) is 16.8 Å². The first-order valence-corrected chi connectivity index (χ1v) is 8.34. The molecule has 0 unspecified atom stereocenters. The lowest BCUT2D eigenvalue weighted by atomic mass is 9.79. The zero-order valence-corrected chi connectivity index (χ0v) is 14.3. The lowest BCUT2D eigenvalue weighted by Crippen LogP contribution is -2.41. The summed E-state index contributed by atoms with van der Waals surface area (Å²) in [6.45, 7) is 8.06. The molecule has 0 atom stereocenters. The van der Waals surface area contributed by atoms with Gasteiger partial charge < -0.3 is 14.6 Å². The van der Waals surface area contributed by atoms with E-state index in [-0.39, 0.29) is 0 Å². The minimum absolute atomic E-state index is 0.398. The van der Waals surface area contributed by atoms with Crippen LogP contribution in [-0.2, 0) is 9.31 Å².